The van der Waals surface area contributed by atoms with Crippen molar-refractivity contribution in [1.29, 1.82) is 0 Å². The maximum atomic E-state index is 15.5. The lowest BCUT2D eigenvalue weighted by Crippen LogP contribution is -2.42. The molecular weight excluding hydrogens is 507 g/mol. The van der Waals surface area contributed by atoms with Gasteiger partial charge in [-0.05, 0) is 74.0 Å². The van der Waals surface area contributed by atoms with Crippen LogP contribution in [0.4, 0.5) is 10.3 Å². The highest BCUT2D eigenvalue weighted by Crippen LogP contribution is 2.60. The standard InChI is InChI=1S/C29H34ClFN4O3/c1-16(2)24-18-11-17(25-20(30)14-33-27(35-25)34-22-3-10-38-15-23(22)36)12-21(31)26(18)32-13-19(24)29(37)8-6-28(4-5-28)7-9-29/h11-14,16,22-23,36-37H,3-10,15H2,1-2H3,(H,33,34,35)/t22-,23-/m1/s1. The van der Waals surface area contributed by atoms with E-state index in [4.69, 9.17) is 16.3 Å². The summed E-state index contributed by atoms with van der Waals surface area (Å²) in [5, 5.41) is 26.2. The number of aliphatic hydroxyl groups is 2. The van der Waals surface area contributed by atoms with E-state index in [2.05, 4.69) is 34.1 Å². The Bertz CT molecular complexity index is 1370. The van der Waals surface area contributed by atoms with Crippen molar-refractivity contribution in [1.82, 2.24) is 15.0 Å². The number of benzene rings is 1. The first kappa shape index (κ1) is 25.9. The fourth-order valence-corrected chi connectivity index (χ4v) is 6.45. The Hall–Kier alpha value is -2.39. The van der Waals surface area contributed by atoms with Crippen molar-refractivity contribution < 1.29 is 19.3 Å². The third kappa shape index (κ3) is 4.66. The number of nitrogens with one attached hydrogen (secondary N) is 1. The van der Waals surface area contributed by atoms with Crippen molar-refractivity contribution in [3.05, 3.63) is 46.5 Å². The topological polar surface area (TPSA) is 100 Å². The summed E-state index contributed by atoms with van der Waals surface area (Å²) in [7, 11) is 0. The van der Waals surface area contributed by atoms with E-state index in [1.807, 2.05) is 6.07 Å². The lowest BCUT2D eigenvalue weighted by atomic mass is 9.71. The Kier molecular flexibility index (Phi) is 6.58. The highest BCUT2D eigenvalue weighted by molar-refractivity contribution is 6.33. The van der Waals surface area contributed by atoms with Gasteiger partial charge in [-0.3, -0.25) is 4.98 Å². The molecule has 2 aromatic heterocycles. The van der Waals surface area contributed by atoms with E-state index >= 15 is 4.39 Å². The van der Waals surface area contributed by atoms with Gasteiger partial charge in [0.15, 0.2) is 0 Å². The molecule has 2 saturated carbocycles. The third-order valence-electron chi connectivity index (χ3n) is 8.80. The summed E-state index contributed by atoms with van der Waals surface area (Å²) in [6.07, 6.45) is 9.05. The molecule has 1 saturated heterocycles. The number of halogens is 2. The van der Waals surface area contributed by atoms with Crippen LogP contribution in [0, 0.1) is 11.2 Å². The zero-order valence-electron chi connectivity index (χ0n) is 21.8. The molecule has 3 heterocycles. The molecule has 6 rings (SSSR count). The predicted octanol–water partition coefficient (Wildman–Crippen LogP) is 5.71. The van der Waals surface area contributed by atoms with Gasteiger partial charge in [0, 0.05) is 29.3 Å². The number of pyridine rings is 1. The molecule has 0 radical (unpaired) electrons. The summed E-state index contributed by atoms with van der Waals surface area (Å²) in [6, 6.07) is 3.02. The fourth-order valence-electron chi connectivity index (χ4n) is 6.25. The van der Waals surface area contributed by atoms with Crippen LogP contribution in [0.1, 0.15) is 75.8 Å². The minimum atomic E-state index is -0.963. The van der Waals surface area contributed by atoms with E-state index in [1.54, 1.807) is 6.20 Å². The molecule has 1 aromatic carbocycles. The average Bonchev–Trinajstić information content (AvgIpc) is 3.67. The van der Waals surface area contributed by atoms with Crippen molar-refractivity contribution in [2.24, 2.45) is 5.41 Å². The first-order valence-corrected chi connectivity index (χ1v) is 14.0. The van der Waals surface area contributed by atoms with Crippen LogP contribution in [-0.2, 0) is 10.3 Å². The average molecular weight is 541 g/mol. The van der Waals surface area contributed by atoms with Crippen molar-refractivity contribution in [2.75, 3.05) is 18.5 Å². The van der Waals surface area contributed by atoms with Crippen molar-refractivity contribution in [3.8, 4) is 11.3 Å². The second kappa shape index (κ2) is 9.66. The predicted molar refractivity (Wildman–Crippen MR) is 145 cm³/mol. The SMILES string of the molecule is CC(C)c1c(C2(O)CCC3(CC3)CC2)cnc2c(F)cc(-c3nc(N[C@@H]4CCOC[C@H]4O)ncc3Cl)cc12. The molecular formula is C29H34ClFN4O3. The van der Waals surface area contributed by atoms with Gasteiger partial charge >= 0.3 is 0 Å². The lowest BCUT2D eigenvalue weighted by molar-refractivity contribution is -0.0195. The van der Waals surface area contributed by atoms with Gasteiger partial charge in [0.05, 0.1) is 41.3 Å². The van der Waals surface area contributed by atoms with Crippen LogP contribution in [0.5, 0.6) is 0 Å². The van der Waals surface area contributed by atoms with Crippen LogP contribution in [0.25, 0.3) is 22.2 Å². The molecule has 38 heavy (non-hydrogen) atoms. The summed E-state index contributed by atoms with van der Waals surface area (Å²) in [5.74, 6) is -0.126. The molecule has 3 aromatic rings. The van der Waals surface area contributed by atoms with E-state index in [0.29, 0.717) is 53.9 Å². The van der Waals surface area contributed by atoms with Gasteiger partial charge < -0.3 is 20.3 Å². The Morgan fingerprint density at radius 1 is 1.11 bits per heavy atom. The molecule has 2 aliphatic carbocycles. The van der Waals surface area contributed by atoms with Crippen LogP contribution in [-0.4, -0.2) is 50.5 Å². The van der Waals surface area contributed by atoms with Crippen LogP contribution in [0.2, 0.25) is 5.02 Å². The smallest absolute Gasteiger partial charge is 0.223 e. The quantitative estimate of drug-likeness (QED) is 0.381. The molecule has 202 valence electrons. The van der Waals surface area contributed by atoms with E-state index in [0.717, 1.165) is 24.0 Å². The molecule has 1 spiro atoms. The molecule has 0 amide bonds. The van der Waals surface area contributed by atoms with Gasteiger partial charge in [0.25, 0.3) is 0 Å². The first-order chi connectivity index (χ1) is 18.2. The number of aliphatic hydroxyl groups excluding tert-OH is 1. The summed E-state index contributed by atoms with van der Waals surface area (Å²) < 4.78 is 20.8. The van der Waals surface area contributed by atoms with Crippen molar-refractivity contribution in [2.45, 2.75) is 82.5 Å². The molecule has 1 aliphatic heterocycles. The Labute approximate surface area is 226 Å². The van der Waals surface area contributed by atoms with E-state index in [1.165, 1.54) is 25.1 Å². The minimum Gasteiger partial charge on any atom is -0.389 e. The minimum absolute atomic E-state index is 0.0408. The molecule has 0 unspecified atom stereocenters. The molecule has 7 nitrogen and oxygen atoms in total. The highest BCUT2D eigenvalue weighted by Gasteiger charge is 2.50. The summed E-state index contributed by atoms with van der Waals surface area (Å²) in [5.41, 5.74) is 2.35. The number of nitrogens with zero attached hydrogens (tertiary/aromatic N) is 3. The maximum absolute atomic E-state index is 15.5. The molecule has 3 aliphatic rings. The van der Waals surface area contributed by atoms with Gasteiger partial charge in [0.1, 0.15) is 11.3 Å². The van der Waals surface area contributed by atoms with Gasteiger partial charge in [-0.25, -0.2) is 14.4 Å². The van der Waals surface area contributed by atoms with Crippen LogP contribution in [0.3, 0.4) is 0 Å². The number of aromatic nitrogens is 3. The summed E-state index contributed by atoms with van der Waals surface area (Å²) >= 11 is 6.52. The molecule has 9 heteroatoms. The van der Waals surface area contributed by atoms with Crippen LogP contribution >= 0.6 is 11.6 Å². The number of hydrogen-bond donors (Lipinski definition) is 3. The lowest BCUT2D eigenvalue weighted by Gasteiger charge is -2.38. The highest BCUT2D eigenvalue weighted by atomic mass is 35.5. The fraction of sp³-hybridized carbons (Fsp3) is 0.552. The number of hydrogen-bond acceptors (Lipinski definition) is 7. The van der Waals surface area contributed by atoms with Gasteiger partial charge in [-0.2, -0.15) is 0 Å². The molecule has 3 fully saturated rings. The second-order valence-corrected chi connectivity index (χ2v) is 12.1. The zero-order chi connectivity index (χ0) is 26.7. The van der Waals surface area contributed by atoms with E-state index in [-0.39, 0.29) is 29.1 Å². The van der Waals surface area contributed by atoms with Crippen LogP contribution in [0.15, 0.2) is 24.5 Å². The Morgan fingerprint density at radius 2 is 1.84 bits per heavy atom. The largest absolute Gasteiger partial charge is 0.389 e. The molecule has 2 atom stereocenters. The monoisotopic (exact) mass is 540 g/mol. The van der Waals surface area contributed by atoms with Crippen molar-refractivity contribution >= 4 is 28.5 Å². The number of anilines is 1. The normalized spacial score (nSPS) is 24.2. The van der Waals surface area contributed by atoms with E-state index in [9.17, 15) is 10.2 Å². The summed E-state index contributed by atoms with van der Waals surface area (Å²) in [4.78, 5) is 13.4. The van der Waals surface area contributed by atoms with Crippen molar-refractivity contribution in [3.63, 3.8) is 0 Å². The molecule has 3 N–H and O–H groups in total. The second-order valence-electron chi connectivity index (χ2n) is 11.7. The Balaban J connectivity index is 1.42. The van der Waals surface area contributed by atoms with Gasteiger partial charge in [-0.1, -0.05) is 25.4 Å². The maximum Gasteiger partial charge on any atom is 0.223 e. The van der Waals surface area contributed by atoms with Gasteiger partial charge in [-0.15, -0.1) is 0 Å². The first-order valence-electron chi connectivity index (χ1n) is 13.6. The molecule has 0 bridgehead atoms. The van der Waals surface area contributed by atoms with Gasteiger partial charge in [0.2, 0.25) is 5.95 Å². The van der Waals surface area contributed by atoms with Crippen LogP contribution < -0.4 is 5.32 Å². The number of ether oxygens (including phenoxy) is 1. The number of rotatable bonds is 5. The Morgan fingerprint density at radius 3 is 2.53 bits per heavy atom. The number of fused-ring (bicyclic) bond motifs is 1. The summed E-state index contributed by atoms with van der Waals surface area (Å²) in [6.45, 7) is 4.91. The van der Waals surface area contributed by atoms with E-state index < -0.39 is 17.5 Å². The zero-order valence-corrected chi connectivity index (χ0v) is 22.6. The third-order valence-corrected chi connectivity index (χ3v) is 9.08.